The van der Waals surface area contributed by atoms with Gasteiger partial charge >= 0.3 is 0 Å². The molecule has 1 aliphatic heterocycles. The number of nitrogens with one attached hydrogen (secondary N) is 2. The van der Waals surface area contributed by atoms with E-state index in [0.717, 1.165) is 44.8 Å². The fraction of sp³-hybridized carbons (Fsp3) is 0.0488. The summed E-state index contributed by atoms with van der Waals surface area (Å²) in [6.45, 7) is 1.96. The van der Waals surface area contributed by atoms with Crippen molar-refractivity contribution in [3.63, 3.8) is 0 Å². The monoisotopic (exact) mass is 580 g/mol. The maximum atomic E-state index is 7.68. The van der Waals surface area contributed by atoms with Crippen LogP contribution in [0.1, 0.15) is 35.3 Å². The average molecular weight is 581 g/mol. The standard InChI is InChI=1S/C41H32N4/c1-2-28(27-42)29-17-19-30(20-18-29)35-25-26-36(38-16-10-9-15-37(35)38)31-21-23-34(24-22-31)41-44-39(32-11-5-3-6-12-32)43-40(45-41)33-13-7-4-8-14-33/h2-27,39,42H,1H3,(H,43,44,45)/b28-2+,42-27?. The molecule has 2 N–H and O–H groups in total. The van der Waals surface area contributed by atoms with Gasteiger partial charge in [0.2, 0.25) is 0 Å². The van der Waals surface area contributed by atoms with Crippen LogP contribution in [0.25, 0.3) is 38.6 Å². The van der Waals surface area contributed by atoms with Crippen molar-refractivity contribution in [3.8, 4) is 22.3 Å². The van der Waals surface area contributed by atoms with Crippen LogP contribution >= 0.6 is 0 Å². The first kappa shape index (κ1) is 27.9. The lowest BCUT2D eigenvalue weighted by molar-refractivity contribution is 0.674. The van der Waals surface area contributed by atoms with Crippen LogP contribution in [0.15, 0.2) is 162 Å². The van der Waals surface area contributed by atoms with E-state index in [2.05, 4.69) is 115 Å². The molecule has 216 valence electrons. The summed E-state index contributed by atoms with van der Waals surface area (Å²) in [5, 5.41) is 13.6. The van der Waals surface area contributed by atoms with Crippen LogP contribution in [0.4, 0.5) is 0 Å². The van der Waals surface area contributed by atoms with Crippen molar-refractivity contribution < 1.29 is 0 Å². The van der Waals surface area contributed by atoms with Crippen molar-refractivity contribution in [2.24, 2.45) is 9.98 Å². The van der Waals surface area contributed by atoms with E-state index in [4.69, 9.17) is 15.4 Å². The number of fused-ring (bicyclic) bond motifs is 1. The number of benzene rings is 6. The maximum Gasteiger partial charge on any atom is 0.159 e. The molecule has 4 heteroatoms. The molecule has 1 aliphatic rings. The number of aliphatic imine (C=N–C) groups is 2. The lowest BCUT2D eigenvalue weighted by atomic mass is 9.91. The third-order valence-corrected chi connectivity index (χ3v) is 8.28. The topological polar surface area (TPSA) is 60.6 Å². The Hall–Kier alpha value is -5.87. The van der Waals surface area contributed by atoms with Crippen molar-refractivity contribution in [1.29, 1.82) is 5.41 Å². The summed E-state index contributed by atoms with van der Waals surface area (Å²) < 4.78 is 0. The molecule has 4 nitrogen and oxygen atoms in total. The van der Waals surface area contributed by atoms with E-state index in [9.17, 15) is 0 Å². The summed E-state index contributed by atoms with van der Waals surface area (Å²) in [5.74, 6) is 1.52. The molecule has 0 spiro atoms. The van der Waals surface area contributed by atoms with Gasteiger partial charge in [0.05, 0.1) is 0 Å². The van der Waals surface area contributed by atoms with Gasteiger partial charge in [0, 0.05) is 17.3 Å². The van der Waals surface area contributed by atoms with Crippen LogP contribution in [-0.2, 0) is 0 Å². The largest absolute Gasteiger partial charge is 0.344 e. The van der Waals surface area contributed by atoms with E-state index in [1.54, 1.807) is 0 Å². The van der Waals surface area contributed by atoms with E-state index in [1.807, 2.05) is 49.4 Å². The van der Waals surface area contributed by atoms with Gasteiger partial charge in [0.15, 0.2) is 5.84 Å². The molecule has 0 saturated carbocycles. The lowest BCUT2D eigenvalue weighted by Crippen LogP contribution is -2.33. The molecule has 7 rings (SSSR count). The number of allylic oxidation sites excluding steroid dienone is 2. The third-order valence-electron chi connectivity index (χ3n) is 8.28. The molecule has 0 saturated heterocycles. The van der Waals surface area contributed by atoms with Gasteiger partial charge in [-0.3, -0.25) is 0 Å². The molecule has 0 aromatic heterocycles. The van der Waals surface area contributed by atoms with Gasteiger partial charge in [-0.15, -0.1) is 0 Å². The molecule has 1 atom stereocenters. The zero-order valence-corrected chi connectivity index (χ0v) is 25.0. The van der Waals surface area contributed by atoms with Crippen molar-refractivity contribution in [3.05, 3.63) is 174 Å². The summed E-state index contributed by atoms with van der Waals surface area (Å²) in [6, 6.07) is 50.6. The summed E-state index contributed by atoms with van der Waals surface area (Å²) in [7, 11) is 0. The molecule has 1 unspecified atom stereocenters. The molecular weight excluding hydrogens is 548 g/mol. The number of nitrogens with zero attached hydrogens (tertiary/aromatic N) is 2. The molecule has 0 amide bonds. The van der Waals surface area contributed by atoms with Gasteiger partial charge in [0.1, 0.15) is 12.0 Å². The molecule has 0 fully saturated rings. The zero-order valence-electron chi connectivity index (χ0n) is 25.0. The SMILES string of the molecule is C/C=C(\C=N)c1ccc(-c2ccc(-c3ccc(C4=NC(c5ccccc5)NC(c5ccccc5)=N4)cc3)c3ccccc23)cc1. The molecule has 0 bridgehead atoms. The Bertz CT molecular complexity index is 2070. The van der Waals surface area contributed by atoms with Gasteiger partial charge in [-0.2, -0.15) is 0 Å². The van der Waals surface area contributed by atoms with Gasteiger partial charge < -0.3 is 10.7 Å². The van der Waals surface area contributed by atoms with Crippen LogP contribution in [0.5, 0.6) is 0 Å². The predicted molar refractivity (Wildman–Crippen MR) is 189 cm³/mol. The smallest absolute Gasteiger partial charge is 0.159 e. The Morgan fingerprint density at radius 3 is 1.71 bits per heavy atom. The molecule has 45 heavy (non-hydrogen) atoms. The average Bonchev–Trinajstić information content (AvgIpc) is 3.13. The highest BCUT2D eigenvalue weighted by Gasteiger charge is 2.21. The van der Waals surface area contributed by atoms with E-state index < -0.39 is 0 Å². The van der Waals surface area contributed by atoms with Crippen LogP contribution < -0.4 is 5.32 Å². The summed E-state index contributed by atoms with van der Waals surface area (Å²) in [6.07, 6.45) is 3.14. The fourth-order valence-corrected chi connectivity index (χ4v) is 5.90. The molecule has 6 aromatic rings. The van der Waals surface area contributed by atoms with Gasteiger partial charge in [-0.25, -0.2) is 9.98 Å². The molecular formula is C41H32N4. The van der Waals surface area contributed by atoms with Gasteiger partial charge in [-0.1, -0.05) is 152 Å². The minimum Gasteiger partial charge on any atom is -0.344 e. The second-order valence-corrected chi connectivity index (χ2v) is 11.0. The van der Waals surface area contributed by atoms with Crippen molar-refractivity contribution >= 4 is 34.2 Å². The zero-order chi connectivity index (χ0) is 30.6. The van der Waals surface area contributed by atoms with Crippen LogP contribution in [0, 0.1) is 5.41 Å². The molecule has 6 aromatic carbocycles. The van der Waals surface area contributed by atoms with E-state index in [-0.39, 0.29) is 6.17 Å². The second-order valence-electron chi connectivity index (χ2n) is 11.0. The highest BCUT2D eigenvalue weighted by atomic mass is 15.2. The highest BCUT2D eigenvalue weighted by Crippen LogP contribution is 2.36. The summed E-state index contributed by atoms with van der Waals surface area (Å²) in [4.78, 5) is 9.99. The first-order valence-corrected chi connectivity index (χ1v) is 15.2. The first-order chi connectivity index (χ1) is 22.2. The normalized spacial score (nSPS) is 14.8. The van der Waals surface area contributed by atoms with E-state index >= 15 is 0 Å². The molecule has 0 radical (unpaired) electrons. The van der Waals surface area contributed by atoms with Gasteiger partial charge in [-0.05, 0) is 56.6 Å². The summed E-state index contributed by atoms with van der Waals surface area (Å²) >= 11 is 0. The highest BCUT2D eigenvalue weighted by molar-refractivity contribution is 6.13. The Balaban J connectivity index is 1.24. The minimum absolute atomic E-state index is 0.228. The minimum atomic E-state index is -0.228. The number of hydrogen-bond acceptors (Lipinski definition) is 4. The van der Waals surface area contributed by atoms with Crippen LogP contribution in [0.2, 0.25) is 0 Å². The van der Waals surface area contributed by atoms with Gasteiger partial charge in [0.25, 0.3) is 0 Å². The maximum absolute atomic E-state index is 7.68. The van der Waals surface area contributed by atoms with Crippen molar-refractivity contribution in [1.82, 2.24) is 5.32 Å². The van der Waals surface area contributed by atoms with E-state index in [1.165, 1.54) is 28.1 Å². The van der Waals surface area contributed by atoms with Crippen molar-refractivity contribution in [2.75, 3.05) is 0 Å². The fourth-order valence-electron chi connectivity index (χ4n) is 5.90. The molecule has 1 heterocycles. The number of hydrogen-bond donors (Lipinski definition) is 2. The van der Waals surface area contributed by atoms with Crippen LogP contribution in [-0.4, -0.2) is 17.9 Å². The summed E-state index contributed by atoms with van der Waals surface area (Å²) in [5.41, 5.74) is 9.72. The van der Waals surface area contributed by atoms with Crippen molar-refractivity contribution in [2.45, 2.75) is 13.1 Å². The van der Waals surface area contributed by atoms with Crippen LogP contribution in [0.3, 0.4) is 0 Å². The lowest BCUT2D eigenvalue weighted by Gasteiger charge is -2.23. The quantitative estimate of drug-likeness (QED) is 0.181. The second kappa shape index (κ2) is 12.4. The predicted octanol–water partition coefficient (Wildman–Crippen LogP) is 9.72. The Morgan fingerprint density at radius 1 is 0.600 bits per heavy atom. The van der Waals surface area contributed by atoms with E-state index in [0.29, 0.717) is 5.84 Å². The Morgan fingerprint density at radius 2 is 1.13 bits per heavy atom. The Kier molecular flexibility index (Phi) is 7.69. The third kappa shape index (κ3) is 5.62. The Labute approximate surface area is 263 Å². The number of rotatable bonds is 7. The number of amidine groups is 2. The molecule has 0 aliphatic carbocycles. The first-order valence-electron chi connectivity index (χ1n) is 15.2.